The maximum atomic E-state index is 12.9. The molecular weight excluding hydrogens is 864 g/mol. The van der Waals surface area contributed by atoms with Gasteiger partial charge in [-0.25, -0.2) is 33.6 Å². The highest BCUT2D eigenvalue weighted by atomic mass is 32.2. The zero-order chi connectivity index (χ0) is 43.1. The van der Waals surface area contributed by atoms with E-state index in [1.165, 1.54) is 26.1 Å². The van der Waals surface area contributed by atoms with Crippen LogP contribution < -0.4 is 16.4 Å². The molecule has 2 unspecified atom stereocenters. The summed E-state index contributed by atoms with van der Waals surface area (Å²) in [5.41, 5.74) is 4.74. The number of hydrogen-bond acceptors (Lipinski definition) is 19. The fraction of sp³-hybridized carbons (Fsp3) is 0.536. The molecule has 3 aromatic heterocycles. The van der Waals surface area contributed by atoms with Gasteiger partial charge in [-0.1, -0.05) is 31.7 Å². The van der Waals surface area contributed by atoms with Crippen LogP contribution in [-0.2, 0) is 57.1 Å². The number of aromatic nitrogens is 5. The first-order valence-electron chi connectivity index (χ1n) is 16.6. The van der Waals surface area contributed by atoms with E-state index in [0.717, 1.165) is 35.0 Å². The molecule has 0 aromatic carbocycles. The van der Waals surface area contributed by atoms with Gasteiger partial charge in [-0.05, 0) is 11.6 Å². The number of phosphoric acid groups is 3. The van der Waals surface area contributed by atoms with E-state index in [1.807, 2.05) is 0 Å². The average molecular weight is 905 g/mol. The number of imidazole rings is 1. The van der Waals surface area contributed by atoms with E-state index in [9.17, 15) is 62.3 Å². The van der Waals surface area contributed by atoms with Crippen molar-refractivity contribution in [3.05, 3.63) is 42.5 Å². The van der Waals surface area contributed by atoms with Gasteiger partial charge in [0.1, 0.15) is 36.3 Å². The van der Waals surface area contributed by atoms with E-state index >= 15 is 0 Å². The number of pyridine rings is 1. The lowest BCUT2D eigenvalue weighted by Crippen LogP contribution is -2.46. The van der Waals surface area contributed by atoms with Crippen molar-refractivity contribution >= 4 is 69.1 Å². The molecule has 322 valence electrons. The number of nitrogens with one attached hydrogen (secondary N) is 2. The third kappa shape index (κ3) is 13.9. The van der Waals surface area contributed by atoms with Gasteiger partial charge < -0.3 is 50.9 Å². The van der Waals surface area contributed by atoms with Crippen LogP contribution in [0.25, 0.3) is 11.2 Å². The summed E-state index contributed by atoms with van der Waals surface area (Å²) >= 11 is 0.948. The van der Waals surface area contributed by atoms with Gasteiger partial charge >= 0.3 is 23.5 Å². The van der Waals surface area contributed by atoms with Gasteiger partial charge in [0, 0.05) is 43.3 Å². The molecule has 1 aliphatic rings. The quantitative estimate of drug-likeness (QED) is 0.0367. The summed E-state index contributed by atoms with van der Waals surface area (Å²) in [6, 6.07) is 2.56. The number of ether oxygens (including phenoxy) is 1. The number of aliphatic hydroxyl groups excluding tert-OH is 2. The van der Waals surface area contributed by atoms with Crippen molar-refractivity contribution in [3.8, 4) is 0 Å². The number of rotatable bonds is 21. The van der Waals surface area contributed by atoms with E-state index in [2.05, 4.69) is 39.4 Å². The van der Waals surface area contributed by atoms with Crippen molar-refractivity contribution in [1.82, 2.24) is 35.1 Å². The highest BCUT2D eigenvalue weighted by molar-refractivity contribution is 8.13. The second kappa shape index (κ2) is 19.8. The van der Waals surface area contributed by atoms with Gasteiger partial charge in [0.15, 0.2) is 22.8 Å². The number of nitrogen functional groups attached to an aromatic ring is 1. The predicted molar refractivity (Wildman–Crippen MR) is 195 cm³/mol. The van der Waals surface area contributed by atoms with Gasteiger partial charge in [0.2, 0.25) is 17.8 Å². The fourth-order valence-corrected chi connectivity index (χ4v) is 8.55. The van der Waals surface area contributed by atoms with Crippen LogP contribution in [0, 0.1) is 11.4 Å². The molecule has 10 N–H and O–H groups in total. The topological polar surface area (TPSA) is 377 Å². The highest BCUT2D eigenvalue weighted by Gasteiger charge is 2.50. The largest absolute Gasteiger partial charge is 0.481 e. The van der Waals surface area contributed by atoms with Crippen LogP contribution in [0.2, 0.25) is 0 Å². The first-order chi connectivity index (χ1) is 27.0. The number of thioether (sulfide) groups is 1. The minimum atomic E-state index is -5.59. The molecule has 30 heteroatoms. The number of carbonyl (C=O) groups is 3. The average Bonchev–Trinajstić information content (AvgIpc) is 3.69. The number of aliphatic hydroxyl groups is 2. The maximum absolute atomic E-state index is 12.9. The van der Waals surface area contributed by atoms with Crippen molar-refractivity contribution in [2.75, 3.05) is 37.8 Å². The fourth-order valence-electron chi connectivity index (χ4n) is 5.02. The summed E-state index contributed by atoms with van der Waals surface area (Å²) in [5, 5.41) is 26.1. The third-order valence-corrected chi connectivity index (χ3v) is 11.9. The lowest BCUT2D eigenvalue weighted by molar-refractivity contribution is -0.137. The van der Waals surface area contributed by atoms with Crippen molar-refractivity contribution in [3.63, 3.8) is 0 Å². The second-order valence-corrected chi connectivity index (χ2v) is 18.3. The summed E-state index contributed by atoms with van der Waals surface area (Å²) in [7, 11) is -16.4. The van der Waals surface area contributed by atoms with Crippen LogP contribution in [0.5, 0.6) is 0 Å². The summed E-state index contributed by atoms with van der Waals surface area (Å²) in [6.45, 7) is 0.290. The Morgan fingerprint density at radius 1 is 1.05 bits per heavy atom. The lowest BCUT2D eigenvalue weighted by atomic mass is 9.87. The SMILES string of the molecule is CC(C)(COP(=O)(O)OP(=O)(O)OC[C@H]1O[C@@H](n2cnc3c(N)ncnc32)[C@H](O)[C@@H]1OP(=O)(O)O)[C@@H](O)C(=O)NCCC(=O)NCCSC(=O)Cc1ccc(F)nc1. The van der Waals surface area contributed by atoms with E-state index in [-0.39, 0.29) is 53.8 Å². The third-order valence-electron chi connectivity index (χ3n) is 7.90. The standard InChI is InChI=1S/C28H40FN8O17P3S/c1-28(2,23(41)26(42)32-6-5-18(38)31-7-8-58-19(39)9-15-3-4-17(29)33-10-15)12-51-57(48,49)54-56(46,47)50-11-16-22(53-55(43,44)45)21(40)27(52-16)37-14-36-20-24(30)34-13-35-25(20)37/h3-4,10,13-14,16,21-23,27,40-41H,5-9,11-12H2,1-2H3,(H,31,38)(H,32,42)(H,46,47)(H,48,49)(H2,30,34,35)(H2,43,44,45)/t16-,21-,22-,23+,27-/m1/s1. The summed E-state index contributed by atoms with van der Waals surface area (Å²) < 4.78 is 75.0. The molecule has 4 heterocycles. The molecule has 0 spiro atoms. The minimum absolute atomic E-state index is 0.0216. The number of phosphoric ester groups is 3. The molecule has 1 aliphatic heterocycles. The molecule has 3 aromatic rings. The van der Waals surface area contributed by atoms with Gasteiger partial charge in [-0.2, -0.15) is 8.70 Å². The smallest absolute Gasteiger partial charge is 0.386 e. The molecule has 4 rings (SSSR count). The Balaban J connectivity index is 1.21. The Kier molecular flexibility index (Phi) is 16.2. The number of anilines is 1. The highest BCUT2D eigenvalue weighted by Crippen LogP contribution is 2.61. The first-order valence-corrected chi connectivity index (χ1v) is 22.1. The number of nitrogens with two attached hydrogens (primary N) is 1. The van der Waals surface area contributed by atoms with Crippen LogP contribution in [0.4, 0.5) is 10.2 Å². The van der Waals surface area contributed by atoms with Gasteiger partial charge in [0.25, 0.3) is 0 Å². The van der Waals surface area contributed by atoms with Crippen molar-refractivity contribution in [2.45, 2.75) is 57.3 Å². The Hall–Kier alpha value is -3.36. The zero-order valence-corrected chi connectivity index (χ0v) is 33.8. The molecule has 0 aliphatic carbocycles. The molecule has 2 amide bonds. The molecule has 1 fully saturated rings. The van der Waals surface area contributed by atoms with E-state index < -0.39 is 90.5 Å². The monoisotopic (exact) mass is 904 g/mol. The molecule has 0 bridgehead atoms. The van der Waals surface area contributed by atoms with Crippen LogP contribution in [-0.4, -0.2) is 128 Å². The van der Waals surface area contributed by atoms with Crippen LogP contribution >= 0.6 is 35.2 Å². The number of amides is 2. The normalized spacial score (nSPS) is 21.3. The molecule has 7 atom stereocenters. The van der Waals surface area contributed by atoms with Crippen LogP contribution in [0.3, 0.4) is 0 Å². The number of fused-ring (bicyclic) bond motifs is 1. The summed E-state index contributed by atoms with van der Waals surface area (Å²) in [4.78, 5) is 91.1. The van der Waals surface area contributed by atoms with Crippen molar-refractivity contribution in [1.29, 1.82) is 0 Å². The minimum Gasteiger partial charge on any atom is -0.386 e. The van der Waals surface area contributed by atoms with Crippen molar-refractivity contribution in [2.24, 2.45) is 5.41 Å². The summed E-state index contributed by atoms with van der Waals surface area (Å²) in [5.74, 6) is -1.98. The van der Waals surface area contributed by atoms with E-state index in [0.29, 0.717) is 5.56 Å². The molecular formula is C28H40FN8O17P3S. The molecule has 0 radical (unpaired) electrons. The second-order valence-electron chi connectivity index (χ2n) is 13.0. The number of hydrogen-bond donors (Lipinski definition) is 9. The van der Waals surface area contributed by atoms with Gasteiger partial charge in [-0.15, -0.1) is 0 Å². The zero-order valence-electron chi connectivity index (χ0n) is 30.3. The maximum Gasteiger partial charge on any atom is 0.481 e. The van der Waals surface area contributed by atoms with Crippen LogP contribution in [0.15, 0.2) is 31.0 Å². The van der Waals surface area contributed by atoms with Crippen molar-refractivity contribution < 1.29 is 84.9 Å². The summed E-state index contributed by atoms with van der Waals surface area (Å²) in [6.07, 6.45) is -5.79. The van der Waals surface area contributed by atoms with Gasteiger partial charge in [0.05, 0.1) is 19.5 Å². The number of nitrogens with zero attached hydrogens (tertiary/aromatic N) is 5. The molecule has 58 heavy (non-hydrogen) atoms. The Morgan fingerprint density at radius 3 is 2.43 bits per heavy atom. The number of halogens is 1. The predicted octanol–water partition coefficient (Wildman–Crippen LogP) is -0.558. The Labute approximate surface area is 331 Å². The lowest BCUT2D eigenvalue weighted by Gasteiger charge is -2.30. The molecule has 0 saturated carbocycles. The Morgan fingerprint density at radius 2 is 1.76 bits per heavy atom. The Bertz CT molecular complexity index is 2080. The van der Waals surface area contributed by atoms with Gasteiger partial charge in [-0.3, -0.25) is 32.5 Å². The first kappa shape index (κ1) is 47.3. The van der Waals surface area contributed by atoms with E-state index in [4.69, 9.17) is 19.5 Å². The number of carbonyl (C=O) groups excluding carboxylic acids is 3. The van der Waals surface area contributed by atoms with E-state index in [1.54, 1.807) is 0 Å². The molecule has 25 nitrogen and oxygen atoms in total. The van der Waals surface area contributed by atoms with Crippen LogP contribution in [0.1, 0.15) is 32.1 Å². The molecule has 1 saturated heterocycles.